The number of carbonyl (C=O) groups is 1. The molecule has 0 fully saturated rings. The van der Waals surface area contributed by atoms with Gasteiger partial charge >= 0.3 is 0 Å². The van der Waals surface area contributed by atoms with Crippen LogP contribution in [0.1, 0.15) is 52.3 Å². The molecular weight excluding hydrogens is 240 g/mol. The topological polar surface area (TPSA) is 72.9 Å². The smallest absolute Gasteiger partial charge is 0.234 e. The van der Waals surface area contributed by atoms with Gasteiger partial charge < -0.3 is 5.73 Å². The van der Waals surface area contributed by atoms with Crippen LogP contribution >= 0.6 is 0 Å². The predicted molar refractivity (Wildman–Crippen MR) is 76.5 cm³/mol. The van der Waals surface area contributed by atoms with Crippen LogP contribution in [0, 0.1) is 5.92 Å². The van der Waals surface area contributed by atoms with Gasteiger partial charge in [0.15, 0.2) is 0 Å². The van der Waals surface area contributed by atoms with Gasteiger partial charge in [-0.05, 0) is 24.8 Å². The highest BCUT2D eigenvalue weighted by atomic mass is 16.1. The van der Waals surface area contributed by atoms with Crippen molar-refractivity contribution in [1.82, 2.24) is 15.1 Å². The minimum absolute atomic E-state index is 0.179. The molecule has 0 aliphatic heterocycles. The molecule has 1 atom stereocenters. The Morgan fingerprint density at radius 1 is 1.42 bits per heavy atom. The molecule has 0 saturated heterocycles. The number of nitrogens with zero attached hydrogens (tertiary/aromatic N) is 2. The van der Waals surface area contributed by atoms with Crippen LogP contribution in [0.15, 0.2) is 12.3 Å². The summed E-state index contributed by atoms with van der Waals surface area (Å²) in [4.78, 5) is 11.3. The largest absolute Gasteiger partial charge is 0.368 e. The molecule has 5 nitrogen and oxygen atoms in total. The standard InChI is InChI=1S/C14H26N4O/c1-5-12(6-2)18-8-7-11(17-18)9-16-13(10(3)4)14(15)19/h7-8,10,12-13,16H,5-6,9H2,1-4H3,(H2,15,19). The highest BCUT2D eigenvalue weighted by Crippen LogP contribution is 2.14. The first kappa shape index (κ1) is 15.7. The van der Waals surface area contributed by atoms with Gasteiger partial charge in [-0.2, -0.15) is 5.10 Å². The number of rotatable bonds is 8. The fraction of sp³-hybridized carbons (Fsp3) is 0.714. The van der Waals surface area contributed by atoms with Crippen molar-refractivity contribution in [1.29, 1.82) is 0 Å². The number of aromatic nitrogens is 2. The van der Waals surface area contributed by atoms with Crippen LogP contribution in [0.3, 0.4) is 0 Å². The lowest BCUT2D eigenvalue weighted by atomic mass is 10.0. The van der Waals surface area contributed by atoms with E-state index in [4.69, 9.17) is 5.73 Å². The molecule has 0 aromatic carbocycles. The highest BCUT2D eigenvalue weighted by molar-refractivity contribution is 5.80. The van der Waals surface area contributed by atoms with Crippen LogP contribution in [0.4, 0.5) is 0 Å². The van der Waals surface area contributed by atoms with E-state index < -0.39 is 0 Å². The minimum atomic E-state index is -0.311. The van der Waals surface area contributed by atoms with Crippen LogP contribution in [-0.4, -0.2) is 21.7 Å². The summed E-state index contributed by atoms with van der Waals surface area (Å²) in [5, 5.41) is 7.72. The monoisotopic (exact) mass is 266 g/mol. The molecular formula is C14H26N4O. The molecule has 1 aromatic rings. The Kier molecular flexibility index (Phi) is 6.02. The van der Waals surface area contributed by atoms with Crippen molar-refractivity contribution in [3.63, 3.8) is 0 Å². The van der Waals surface area contributed by atoms with E-state index in [9.17, 15) is 4.79 Å². The van der Waals surface area contributed by atoms with Gasteiger partial charge in [-0.1, -0.05) is 27.7 Å². The summed E-state index contributed by atoms with van der Waals surface area (Å²) in [6.45, 7) is 8.85. The minimum Gasteiger partial charge on any atom is -0.368 e. The molecule has 1 unspecified atom stereocenters. The van der Waals surface area contributed by atoms with Crippen LogP contribution in [0.5, 0.6) is 0 Å². The number of hydrogen-bond donors (Lipinski definition) is 2. The normalized spacial score (nSPS) is 13.2. The summed E-state index contributed by atoms with van der Waals surface area (Å²) in [7, 11) is 0. The average molecular weight is 266 g/mol. The summed E-state index contributed by atoms with van der Waals surface area (Å²) in [5.74, 6) is -0.131. The zero-order chi connectivity index (χ0) is 14.4. The number of carbonyl (C=O) groups excluding carboxylic acids is 1. The first-order chi connectivity index (χ1) is 8.99. The Balaban J connectivity index is 2.61. The Morgan fingerprint density at radius 2 is 2.05 bits per heavy atom. The summed E-state index contributed by atoms with van der Waals surface area (Å²) < 4.78 is 2.01. The molecule has 108 valence electrons. The van der Waals surface area contributed by atoms with Gasteiger partial charge in [-0.15, -0.1) is 0 Å². The van der Waals surface area contributed by atoms with Crippen molar-refractivity contribution < 1.29 is 4.79 Å². The van der Waals surface area contributed by atoms with E-state index in [1.165, 1.54) is 0 Å². The predicted octanol–water partition coefficient (Wildman–Crippen LogP) is 1.84. The summed E-state index contributed by atoms with van der Waals surface area (Å²) in [5.41, 5.74) is 6.31. The highest BCUT2D eigenvalue weighted by Gasteiger charge is 2.19. The maximum atomic E-state index is 11.3. The molecule has 0 radical (unpaired) electrons. The van der Waals surface area contributed by atoms with Crippen molar-refractivity contribution in [2.45, 2.75) is 59.2 Å². The number of nitrogens with two attached hydrogens (primary N) is 1. The maximum Gasteiger partial charge on any atom is 0.234 e. The van der Waals surface area contributed by atoms with Crippen LogP contribution in [0.2, 0.25) is 0 Å². The quantitative estimate of drug-likeness (QED) is 0.754. The third kappa shape index (κ3) is 4.35. The fourth-order valence-corrected chi connectivity index (χ4v) is 2.22. The summed E-state index contributed by atoms with van der Waals surface area (Å²) in [6.07, 6.45) is 4.14. The van der Waals surface area contributed by atoms with Gasteiger partial charge in [0.25, 0.3) is 0 Å². The average Bonchev–Trinajstić information content (AvgIpc) is 2.79. The molecule has 1 aromatic heterocycles. The number of hydrogen-bond acceptors (Lipinski definition) is 3. The van der Waals surface area contributed by atoms with Gasteiger partial charge in [-0.3, -0.25) is 14.8 Å². The molecule has 0 spiro atoms. The van der Waals surface area contributed by atoms with Gasteiger partial charge in [0, 0.05) is 12.7 Å². The Bertz CT molecular complexity index is 396. The van der Waals surface area contributed by atoms with E-state index in [0.29, 0.717) is 12.6 Å². The number of nitrogens with one attached hydrogen (secondary N) is 1. The molecule has 5 heteroatoms. The first-order valence-electron chi connectivity index (χ1n) is 7.06. The number of primary amides is 1. The molecule has 1 rings (SSSR count). The van der Waals surface area contributed by atoms with E-state index in [2.05, 4.69) is 24.3 Å². The molecule has 0 aliphatic rings. The molecule has 0 saturated carbocycles. The SMILES string of the molecule is CCC(CC)n1ccc(CNC(C(N)=O)C(C)C)n1. The van der Waals surface area contributed by atoms with Crippen molar-refractivity contribution in [3.8, 4) is 0 Å². The molecule has 19 heavy (non-hydrogen) atoms. The summed E-state index contributed by atoms with van der Waals surface area (Å²) in [6, 6.07) is 2.13. The Hall–Kier alpha value is -1.36. The van der Waals surface area contributed by atoms with Gasteiger partial charge in [0.1, 0.15) is 0 Å². The lowest BCUT2D eigenvalue weighted by molar-refractivity contribution is -0.121. The second-order valence-corrected chi connectivity index (χ2v) is 5.26. The maximum absolute atomic E-state index is 11.3. The Labute approximate surface area is 115 Å². The van der Waals surface area contributed by atoms with E-state index in [-0.39, 0.29) is 17.9 Å². The molecule has 1 heterocycles. The summed E-state index contributed by atoms with van der Waals surface area (Å²) >= 11 is 0. The lowest BCUT2D eigenvalue weighted by Crippen LogP contribution is -2.44. The van der Waals surface area contributed by atoms with Gasteiger partial charge in [-0.25, -0.2) is 0 Å². The Morgan fingerprint density at radius 3 is 2.53 bits per heavy atom. The number of amides is 1. The van der Waals surface area contributed by atoms with Crippen molar-refractivity contribution in [3.05, 3.63) is 18.0 Å². The van der Waals surface area contributed by atoms with E-state index >= 15 is 0 Å². The van der Waals surface area contributed by atoms with Crippen LogP contribution in [0.25, 0.3) is 0 Å². The van der Waals surface area contributed by atoms with Gasteiger partial charge in [0.2, 0.25) is 5.91 Å². The second kappa shape index (κ2) is 7.28. The van der Waals surface area contributed by atoms with Crippen LogP contribution in [-0.2, 0) is 11.3 Å². The fourth-order valence-electron chi connectivity index (χ4n) is 2.22. The molecule has 3 N–H and O–H groups in total. The van der Waals surface area contributed by atoms with Crippen molar-refractivity contribution in [2.24, 2.45) is 11.7 Å². The first-order valence-corrected chi connectivity index (χ1v) is 7.06. The van der Waals surface area contributed by atoms with E-state index in [0.717, 1.165) is 18.5 Å². The van der Waals surface area contributed by atoms with Crippen LogP contribution < -0.4 is 11.1 Å². The molecule has 1 amide bonds. The molecule has 0 aliphatic carbocycles. The second-order valence-electron chi connectivity index (χ2n) is 5.26. The third-order valence-electron chi connectivity index (χ3n) is 3.46. The van der Waals surface area contributed by atoms with Crippen molar-refractivity contribution >= 4 is 5.91 Å². The van der Waals surface area contributed by atoms with Gasteiger partial charge in [0.05, 0.1) is 17.8 Å². The zero-order valence-corrected chi connectivity index (χ0v) is 12.4. The third-order valence-corrected chi connectivity index (χ3v) is 3.46. The van der Waals surface area contributed by atoms with E-state index in [1.54, 1.807) is 0 Å². The molecule has 0 bridgehead atoms. The lowest BCUT2D eigenvalue weighted by Gasteiger charge is -2.18. The zero-order valence-electron chi connectivity index (χ0n) is 12.4. The van der Waals surface area contributed by atoms with Crippen molar-refractivity contribution in [2.75, 3.05) is 0 Å². The van der Waals surface area contributed by atoms with E-state index in [1.807, 2.05) is 30.8 Å².